The zero-order chi connectivity index (χ0) is 23.0. The molecule has 0 N–H and O–H groups in total. The standard InChI is InChI=1S/C13H17O4.3C4H9.Sn/c1-6-8-13(11(14)16-4,12(15)17-5)9-7-10(2)3;3*1-3-4-2;/h1,7H,2,8-9H2,3-5H3;3*1,3-4H2,2H3;/b10-7-;;;;. The topological polar surface area (TPSA) is 52.6 Å². The molecule has 0 bridgehead atoms. The summed E-state index contributed by atoms with van der Waals surface area (Å²) >= 11 is -2.34. The molecule has 0 aromatic heterocycles. The Morgan fingerprint density at radius 2 is 1.37 bits per heavy atom. The number of hydrogen-bond donors (Lipinski definition) is 0. The predicted molar refractivity (Wildman–Crippen MR) is 128 cm³/mol. The van der Waals surface area contributed by atoms with Crippen LogP contribution in [0.15, 0.2) is 11.6 Å². The second-order valence-electron chi connectivity index (χ2n) is 8.69. The van der Waals surface area contributed by atoms with Crippen molar-refractivity contribution in [1.82, 2.24) is 0 Å². The van der Waals surface area contributed by atoms with E-state index in [-0.39, 0.29) is 12.8 Å². The van der Waals surface area contributed by atoms with Crippen molar-refractivity contribution in [3.8, 4) is 12.3 Å². The Morgan fingerprint density at radius 1 is 0.933 bits per heavy atom. The number of terminal acetylenes is 1. The number of carbonyl (C=O) groups is 2. The summed E-state index contributed by atoms with van der Waals surface area (Å²) in [6.07, 6.45) is 15.5. The van der Waals surface area contributed by atoms with Crippen LogP contribution in [0.5, 0.6) is 0 Å². The van der Waals surface area contributed by atoms with Gasteiger partial charge in [0.05, 0.1) is 0 Å². The van der Waals surface area contributed by atoms with Gasteiger partial charge in [-0.1, -0.05) is 0 Å². The van der Waals surface area contributed by atoms with E-state index >= 15 is 0 Å². The minimum atomic E-state index is -2.34. The number of hydrogen-bond acceptors (Lipinski definition) is 4. The van der Waals surface area contributed by atoms with Crippen molar-refractivity contribution in [2.24, 2.45) is 5.41 Å². The minimum absolute atomic E-state index is 0.0218. The Morgan fingerprint density at radius 3 is 1.70 bits per heavy atom. The van der Waals surface area contributed by atoms with Gasteiger partial charge in [0.15, 0.2) is 0 Å². The maximum atomic E-state index is 12.5. The van der Waals surface area contributed by atoms with Gasteiger partial charge in [0.25, 0.3) is 0 Å². The second kappa shape index (κ2) is 15.8. The number of allylic oxidation sites excluding steroid dienone is 2. The van der Waals surface area contributed by atoms with Crippen LogP contribution in [0.2, 0.25) is 17.7 Å². The zero-order valence-electron chi connectivity index (χ0n) is 20.3. The van der Waals surface area contributed by atoms with E-state index in [1.54, 1.807) is 0 Å². The van der Waals surface area contributed by atoms with E-state index < -0.39 is 35.7 Å². The molecule has 5 heteroatoms. The first-order chi connectivity index (χ1) is 14.3. The molecular weight excluding hydrogens is 483 g/mol. The molecule has 0 saturated carbocycles. The summed E-state index contributed by atoms with van der Waals surface area (Å²) in [5, 5.41) is 0. The number of unbranched alkanes of at least 4 members (excludes halogenated alkanes) is 3. The van der Waals surface area contributed by atoms with Crippen molar-refractivity contribution < 1.29 is 19.1 Å². The van der Waals surface area contributed by atoms with Crippen molar-refractivity contribution >= 4 is 30.3 Å². The summed E-state index contributed by atoms with van der Waals surface area (Å²) < 4.78 is 15.4. The van der Waals surface area contributed by atoms with E-state index in [9.17, 15) is 9.59 Å². The van der Waals surface area contributed by atoms with Crippen LogP contribution in [0.25, 0.3) is 0 Å². The van der Waals surface area contributed by atoms with Crippen molar-refractivity contribution in [2.75, 3.05) is 14.2 Å². The van der Waals surface area contributed by atoms with Gasteiger partial charge in [-0.2, -0.15) is 0 Å². The third-order valence-corrected chi connectivity index (χ3v) is 22.0. The van der Waals surface area contributed by atoms with Crippen molar-refractivity contribution in [3.05, 3.63) is 11.6 Å². The van der Waals surface area contributed by atoms with Gasteiger partial charge in [0, 0.05) is 0 Å². The van der Waals surface area contributed by atoms with Crippen molar-refractivity contribution in [1.29, 1.82) is 0 Å². The fourth-order valence-corrected chi connectivity index (χ4v) is 21.2. The summed E-state index contributed by atoms with van der Waals surface area (Å²) in [4.78, 5) is 25.0. The molecule has 0 amide bonds. The summed E-state index contributed by atoms with van der Waals surface area (Å²) in [7, 11) is 2.57. The normalized spacial score (nSPS) is 12.4. The summed E-state index contributed by atoms with van der Waals surface area (Å²) in [5.41, 5.74) is -0.156. The van der Waals surface area contributed by atoms with Crippen LogP contribution in [0.1, 0.15) is 79.1 Å². The molecule has 0 aliphatic rings. The van der Waals surface area contributed by atoms with Crippen LogP contribution in [-0.2, 0) is 19.1 Å². The van der Waals surface area contributed by atoms with Crippen LogP contribution in [0.4, 0.5) is 0 Å². The predicted octanol–water partition coefficient (Wildman–Crippen LogP) is 6.53. The monoisotopic (exact) mass is 528 g/mol. The van der Waals surface area contributed by atoms with Gasteiger partial charge in [-0.3, -0.25) is 0 Å². The van der Waals surface area contributed by atoms with Gasteiger partial charge in [-0.25, -0.2) is 0 Å². The molecule has 0 aliphatic heterocycles. The van der Waals surface area contributed by atoms with Gasteiger partial charge in [0.1, 0.15) is 0 Å². The number of ether oxygens (including phenoxy) is 2. The molecule has 0 aromatic carbocycles. The molecule has 0 atom stereocenters. The Bertz CT molecular complexity index is 551. The Balaban J connectivity index is 5.79. The van der Waals surface area contributed by atoms with Crippen molar-refractivity contribution in [2.45, 2.75) is 96.8 Å². The second-order valence-corrected chi connectivity index (χ2v) is 22.5. The SMILES string of the molecule is C#CCC(C/C=C(\C)[CH2][Sn]([CH2]CCC)([CH2]CCC)[CH2]CCC)(C(=O)OC)C(=O)OC. The number of esters is 2. The van der Waals surface area contributed by atoms with E-state index in [1.807, 2.05) is 0 Å². The third kappa shape index (κ3) is 9.04. The molecule has 4 nitrogen and oxygen atoms in total. The van der Waals surface area contributed by atoms with E-state index in [0.29, 0.717) is 0 Å². The molecule has 0 rings (SSSR count). The van der Waals surface area contributed by atoms with Crippen LogP contribution >= 0.6 is 0 Å². The molecule has 0 unspecified atom stereocenters. The van der Waals surface area contributed by atoms with E-state index in [0.717, 1.165) is 0 Å². The zero-order valence-corrected chi connectivity index (χ0v) is 23.1. The van der Waals surface area contributed by atoms with Gasteiger partial charge in [0.2, 0.25) is 0 Å². The molecule has 0 aliphatic carbocycles. The quantitative estimate of drug-likeness (QED) is 0.0754. The van der Waals surface area contributed by atoms with Crippen LogP contribution in [0.3, 0.4) is 0 Å². The first-order valence-electron chi connectivity index (χ1n) is 11.6. The fraction of sp³-hybridized carbons (Fsp3) is 0.760. The van der Waals surface area contributed by atoms with E-state index in [1.165, 1.54) is 76.1 Å². The molecular formula is C25H44O4Sn. The maximum absolute atomic E-state index is 12.5. The average Bonchev–Trinajstić information content (AvgIpc) is 2.76. The summed E-state index contributed by atoms with van der Waals surface area (Å²) in [6, 6.07) is 0. The summed E-state index contributed by atoms with van der Waals surface area (Å²) in [6.45, 7) is 8.99. The number of rotatable bonds is 16. The Hall–Kier alpha value is -0.961. The Labute approximate surface area is 189 Å². The molecule has 0 radical (unpaired) electrons. The number of carbonyl (C=O) groups excluding carboxylic acids is 2. The average molecular weight is 527 g/mol. The first-order valence-corrected chi connectivity index (χ1v) is 19.6. The molecule has 172 valence electrons. The van der Waals surface area contributed by atoms with Crippen LogP contribution in [0, 0.1) is 17.8 Å². The molecule has 30 heavy (non-hydrogen) atoms. The number of methoxy groups -OCH3 is 2. The first kappa shape index (κ1) is 29.0. The van der Waals surface area contributed by atoms with Crippen LogP contribution < -0.4 is 0 Å². The summed E-state index contributed by atoms with van der Waals surface area (Å²) in [5.74, 6) is 1.24. The van der Waals surface area contributed by atoms with Gasteiger partial charge in [-0.15, -0.1) is 0 Å². The fourth-order valence-electron chi connectivity index (χ4n) is 4.34. The van der Waals surface area contributed by atoms with Gasteiger partial charge < -0.3 is 0 Å². The van der Waals surface area contributed by atoms with Gasteiger partial charge >= 0.3 is 190 Å². The third-order valence-electron chi connectivity index (χ3n) is 6.19. The van der Waals surface area contributed by atoms with E-state index in [2.05, 4.69) is 39.7 Å². The molecule has 0 aromatic rings. The molecule has 0 saturated heterocycles. The molecule has 0 fully saturated rings. The van der Waals surface area contributed by atoms with Crippen LogP contribution in [-0.4, -0.2) is 44.5 Å². The molecule has 0 heterocycles. The Kier molecular flexibility index (Phi) is 15.3. The van der Waals surface area contributed by atoms with E-state index in [4.69, 9.17) is 15.9 Å². The van der Waals surface area contributed by atoms with Crippen molar-refractivity contribution in [3.63, 3.8) is 0 Å². The molecule has 0 spiro atoms. The van der Waals surface area contributed by atoms with Gasteiger partial charge in [-0.05, 0) is 0 Å².